The van der Waals surface area contributed by atoms with Crippen molar-refractivity contribution in [3.63, 3.8) is 0 Å². The Hall–Kier alpha value is -0.130. The Labute approximate surface area is 87.1 Å². The zero-order chi connectivity index (χ0) is 11.0. The van der Waals surface area contributed by atoms with Gasteiger partial charge in [-0.15, -0.1) is 0 Å². The van der Waals surface area contributed by atoms with Crippen LogP contribution in [0.4, 0.5) is 0 Å². The normalized spacial score (nSPS) is 25.1. The van der Waals surface area contributed by atoms with E-state index in [1.54, 1.807) is 8.61 Å². The second kappa shape index (κ2) is 3.79. The molecule has 0 N–H and O–H groups in total. The number of hydrogen-bond acceptors (Lipinski definition) is 2. The zero-order valence-electron chi connectivity index (χ0n) is 9.45. The maximum absolute atomic E-state index is 12.0. The fourth-order valence-corrected chi connectivity index (χ4v) is 3.78. The molecule has 1 fully saturated rings. The van der Waals surface area contributed by atoms with Crippen LogP contribution in [0.5, 0.6) is 0 Å². The summed E-state index contributed by atoms with van der Waals surface area (Å²) in [7, 11) is -3.21. The van der Waals surface area contributed by atoms with Crippen molar-refractivity contribution < 1.29 is 8.42 Å². The summed E-state index contributed by atoms with van der Waals surface area (Å²) >= 11 is 0. The summed E-state index contributed by atoms with van der Waals surface area (Å²) in [5, 5.41) is 0. The second-order valence-electron chi connectivity index (χ2n) is 4.60. The van der Waals surface area contributed by atoms with Gasteiger partial charge in [0.2, 0.25) is 0 Å². The molecule has 1 saturated heterocycles. The van der Waals surface area contributed by atoms with Crippen molar-refractivity contribution >= 4 is 10.2 Å². The lowest BCUT2D eigenvalue weighted by atomic mass is 10.1. The maximum Gasteiger partial charge on any atom is 0.282 e. The van der Waals surface area contributed by atoms with Crippen LogP contribution < -0.4 is 0 Å². The van der Waals surface area contributed by atoms with Crippen LogP contribution in [0.15, 0.2) is 0 Å². The average molecular weight is 220 g/mol. The first-order valence-electron chi connectivity index (χ1n) is 5.08. The summed E-state index contributed by atoms with van der Waals surface area (Å²) < 4.78 is 27.2. The third-order valence-corrected chi connectivity index (χ3v) is 4.86. The molecule has 0 bridgehead atoms. The first kappa shape index (κ1) is 11.9. The van der Waals surface area contributed by atoms with Gasteiger partial charge in [0.15, 0.2) is 0 Å². The van der Waals surface area contributed by atoms with Gasteiger partial charge in [0, 0.05) is 25.2 Å². The summed E-state index contributed by atoms with van der Waals surface area (Å²) in [6.45, 7) is 9.55. The van der Waals surface area contributed by atoms with Crippen LogP contribution in [0, 0.1) is 0 Å². The van der Waals surface area contributed by atoms with Crippen LogP contribution >= 0.6 is 0 Å². The molecule has 14 heavy (non-hydrogen) atoms. The Kier molecular flexibility index (Phi) is 3.23. The lowest BCUT2D eigenvalue weighted by Crippen LogP contribution is -2.56. The van der Waals surface area contributed by atoms with Gasteiger partial charge in [0.05, 0.1) is 0 Å². The van der Waals surface area contributed by atoms with Crippen molar-refractivity contribution in [2.24, 2.45) is 0 Å². The molecule has 0 radical (unpaired) electrons. The van der Waals surface area contributed by atoms with E-state index in [1.165, 1.54) is 0 Å². The van der Waals surface area contributed by atoms with Gasteiger partial charge in [-0.3, -0.25) is 0 Å². The highest BCUT2D eigenvalue weighted by Gasteiger charge is 2.38. The molecule has 0 unspecified atom stereocenters. The Bertz CT molecular complexity index is 292. The molecular weight excluding hydrogens is 200 g/mol. The van der Waals surface area contributed by atoms with E-state index < -0.39 is 10.2 Å². The van der Waals surface area contributed by atoms with E-state index in [0.29, 0.717) is 19.6 Å². The summed E-state index contributed by atoms with van der Waals surface area (Å²) in [5.74, 6) is 0. The second-order valence-corrected chi connectivity index (χ2v) is 6.45. The van der Waals surface area contributed by atoms with Crippen LogP contribution in [0.3, 0.4) is 0 Å². The molecule has 5 heteroatoms. The molecule has 1 rings (SSSR count). The van der Waals surface area contributed by atoms with Crippen LogP contribution in [0.25, 0.3) is 0 Å². The highest BCUT2D eigenvalue weighted by Crippen LogP contribution is 2.24. The minimum Gasteiger partial charge on any atom is -0.195 e. The molecule has 0 aromatic heterocycles. The smallest absolute Gasteiger partial charge is 0.195 e. The van der Waals surface area contributed by atoms with Crippen molar-refractivity contribution in [3.8, 4) is 0 Å². The minimum absolute atomic E-state index is 0.313. The van der Waals surface area contributed by atoms with Crippen molar-refractivity contribution in [1.29, 1.82) is 0 Å². The van der Waals surface area contributed by atoms with E-state index in [1.807, 2.05) is 27.7 Å². The van der Waals surface area contributed by atoms with E-state index in [0.717, 1.165) is 6.42 Å². The van der Waals surface area contributed by atoms with Crippen molar-refractivity contribution in [3.05, 3.63) is 0 Å². The highest BCUT2D eigenvalue weighted by atomic mass is 32.2. The fraction of sp³-hybridized carbons (Fsp3) is 1.00. The predicted molar refractivity (Wildman–Crippen MR) is 57.2 cm³/mol. The SMILES string of the molecule is CCN1CCCN(C(C)(C)C)S1(=O)=O. The zero-order valence-corrected chi connectivity index (χ0v) is 10.3. The highest BCUT2D eigenvalue weighted by molar-refractivity contribution is 7.86. The van der Waals surface area contributed by atoms with E-state index in [2.05, 4.69) is 0 Å². The molecule has 1 aliphatic heterocycles. The van der Waals surface area contributed by atoms with Crippen LogP contribution in [0.2, 0.25) is 0 Å². The quantitative estimate of drug-likeness (QED) is 0.663. The lowest BCUT2D eigenvalue weighted by Gasteiger charge is -2.41. The molecule has 0 amide bonds. The number of rotatable bonds is 1. The topological polar surface area (TPSA) is 40.6 Å². The fourth-order valence-electron chi connectivity index (χ4n) is 1.76. The molecule has 0 atom stereocenters. The van der Waals surface area contributed by atoms with Gasteiger partial charge in [-0.05, 0) is 27.2 Å². The standard InChI is InChI=1S/C9H20N2O2S/c1-5-10-7-6-8-11(9(2,3)4)14(10,12)13/h5-8H2,1-4H3. The first-order valence-corrected chi connectivity index (χ1v) is 6.47. The van der Waals surface area contributed by atoms with Crippen molar-refractivity contribution in [1.82, 2.24) is 8.61 Å². The Morgan fingerprint density at radius 3 is 2.21 bits per heavy atom. The number of nitrogens with zero attached hydrogens (tertiary/aromatic N) is 2. The van der Waals surface area contributed by atoms with E-state index in [-0.39, 0.29) is 5.54 Å². The van der Waals surface area contributed by atoms with Crippen LogP contribution in [-0.2, 0) is 10.2 Å². The minimum atomic E-state index is -3.21. The Morgan fingerprint density at radius 2 is 1.79 bits per heavy atom. The van der Waals surface area contributed by atoms with Gasteiger partial charge in [0.25, 0.3) is 10.2 Å². The third kappa shape index (κ3) is 2.10. The summed E-state index contributed by atoms with van der Waals surface area (Å²) in [5.41, 5.74) is -0.313. The van der Waals surface area contributed by atoms with Gasteiger partial charge in [-0.2, -0.15) is 17.0 Å². The van der Waals surface area contributed by atoms with Gasteiger partial charge in [-0.1, -0.05) is 6.92 Å². The predicted octanol–water partition coefficient (Wildman–Crippen LogP) is 1.06. The average Bonchev–Trinajstić information content (AvgIpc) is 2.00. The van der Waals surface area contributed by atoms with Crippen molar-refractivity contribution in [2.45, 2.75) is 39.7 Å². The van der Waals surface area contributed by atoms with Gasteiger partial charge >= 0.3 is 0 Å². The summed E-state index contributed by atoms with van der Waals surface area (Å²) in [4.78, 5) is 0. The molecule has 1 aliphatic rings. The van der Waals surface area contributed by atoms with Crippen LogP contribution in [0.1, 0.15) is 34.1 Å². The Balaban J connectivity index is 2.98. The van der Waals surface area contributed by atoms with E-state index in [9.17, 15) is 8.42 Å². The Morgan fingerprint density at radius 1 is 1.21 bits per heavy atom. The molecule has 0 aliphatic carbocycles. The first-order chi connectivity index (χ1) is 6.30. The van der Waals surface area contributed by atoms with Gasteiger partial charge < -0.3 is 0 Å². The molecule has 0 aromatic carbocycles. The monoisotopic (exact) mass is 220 g/mol. The largest absolute Gasteiger partial charge is 0.282 e. The molecule has 4 nitrogen and oxygen atoms in total. The molecule has 0 spiro atoms. The molecule has 0 aromatic rings. The van der Waals surface area contributed by atoms with Gasteiger partial charge in [0.1, 0.15) is 0 Å². The molecular formula is C9H20N2O2S. The summed E-state index contributed by atoms with van der Waals surface area (Å²) in [6, 6.07) is 0. The van der Waals surface area contributed by atoms with Crippen LogP contribution in [-0.4, -0.2) is 42.2 Å². The van der Waals surface area contributed by atoms with E-state index >= 15 is 0 Å². The number of hydrogen-bond donors (Lipinski definition) is 0. The third-order valence-electron chi connectivity index (χ3n) is 2.47. The maximum atomic E-state index is 12.0. The molecule has 1 heterocycles. The van der Waals surface area contributed by atoms with Gasteiger partial charge in [-0.25, -0.2) is 0 Å². The molecule has 0 saturated carbocycles. The molecule has 84 valence electrons. The van der Waals surface area contributed by atoms with E-state index in [4.69, 9.17) is 0 Å². The lowest BCUT2D eigenvalue weighted by molar-refractivity contribution is 0.197. The summed E-state index contributed by atoms with van der Waals surface area (Å²) in [6.07, 6.45) is 0.921. The van der Waals surface area contributed by atoms with Crippen molar-refractivity contribution in [2.75, 3.05) is 19.6 Å².